The molecule has 2 aromatic heterocycles. The number of fused-ring (bicyclic) bond motifs is 1. The van der Waals surface area contributed by atoms with Gasteiger partial charge >= 0.3 is 0 Å². The first-order valence-electron chi connectivity index (χ1n) is 23.6. The number of hydrogen-bond acceptors (Lipinski definition) is 3. The molecule has 0 aliphatic carbocycles. The Bertz CT molecular complexity index is 3130. The van der Waals surface area contributed by atoms with Gasteiger partial charge in [-0.3, -0.25) is 9.55 Å². The average Bonchev–Trinajstić information content (AvgIpc) is 3.61. The summed E-state index contributed by atoms with van der Waals surface area (Å²) in [6.07, 6.45) is 1.52. The molecule has 0 saturated carbocycles. The first kappa shape index (κ1) is 40.2. The van der Waals surface area contributed by atoms with Gasteiger partial charge in [0.05, 0.1) is 27.8 Å². The number of rotatable bonds is 6. The van der Waals surface area contributed by atoms with Gasteiger partial charge in [-0.1, -0.05) is 185 Å². The van der Waals surface area contributed by atoms with E-state index in [1.807, 2.05) is 114 Å². The molecule has 6 aromatic carbocycles. The van der Waals surface area contributed by atoms with Gasteiger partial charge in [0.1, 0.15) is 11.6 Å². The maximum absolute atomic E-state index is 12.7. The van der Waals surface area contributed by atoms with Crippen LogP contribution in [0, 0.1) is 6.07 Å². The molecule has 0 bridgehead atoms. The van der Waals surface area contributed by atoms with Crippen LogP contribution in [0.1, 0.15) is 111 Å². The number of pyridine rings is 1. The molecule has 0 fully saturated rings. The van der Waals surface area contributed by atoms with Crippen molar-refractivity contribution in [3.8, 4) is 67.5 Å². The molecule has 0 unspecified atom stereocenters. The summed E-state index contributed by atoms with van der Waals surface area (Å²) in [5, 5.41) is 12.7. The van der Waals surface area contributed by atoms with E-state index in [1.54, 1.807) is 0 Å². The van der Waals surface area contributed by atoms with Gasteiger partial charge in [-0.05, 0) is 79.8 Å². The zero-order valence-corrected chi connectivity index (χ0v) is 40.8. The minimum atomic E-state index is -0.642. The maximum atomic E-state index is 12.7. The summed E-state index contributed by atoms with van der Waals surface area (Å²) in [4.78, 5) is 10.2. The van der Waals surface area contributed by atoms with Crippen LogP contribution in [0.4, 0.5) is 0 Å². The van der Waals surface area contributed by atoms with Crippen LogP contribution >= 0.6 is 0 Å². The summed E-state index contributed by atoms with van der Waals surface area (Å²) in [5.41, 5.74) is 9.74. The Labute approximate surface area is 395 Å². The first-order chi connectivity index (χ1) is 30.9. The van der Waals surface area contributed by atoms with Crippen molar-refractivity contribution in [2.75, 3.05) is 0 Å². The Kier molecular flexibility index (Phi) is 10.8. The van der Waals surface area contributed by atoms with Crippen LogP contribution in [-0.2, 0) is 42.7 Å². The third kappa shape index (κ3) is 9.11. The fourth-order valence-corrected chi connectivity index (χ4v) is 7.90. The number of aromatic hydroxyl groups is 1. The predicted molar refractivity (Wildman–Crippen MR) is 261 cm³/mol. The van der Waals surface area contributed by atoms with Crippen molar-refractivity contribution in [1.82, 2.24) is 14.5 Å². The molecule has 0 amide bonds. The normalized spacial score (nSPS) is 13.3. The number of phenolic OH excluding ortho intramolecular Hbond substituents is 1. The van der Waals surface area contributed by atoms with Gasteiger partial charge in [0.15, 0.2) is 0 Å². The second-order valence-electron chi connectivity index (χ2n) is 20.6. The van der Waals surface area contributed by atoms with Crippen molar-refractivity contribution in [1.29, 1.82) is 0 Å². The van der Waals surface area contributed by atoms with Crippen LogP contribution in [0.3, 0.4) is 0 Å². The van der Waals surface area contributed by atoms with Gasteiger partial charge in [-0.2, -0.15) is 0 Å². The Hall–Kier alpha value is -5.57. The Morgan fingerprint density at radius 3 is 1.79 bits per heavy atom. The SMILES string of the molecule is [2H]c1cnc(-c2[c-]c(-c3cccc4c3nc(-c3c([2H])c(C(C)(C)C)c([2H])c(C(C)(C)C)c3O)n4-c3ccc(C(C)(C)C)cc3-c3ccccc3)cc(C(C)(C)C)c2)c([2H])c1-c1ccccc1.[Pt]. The van der Waals surface area contributed by atoms with E-state index >= 15 is 0 Å². The zero-order valence-electron chi connectivity index (χ0n) is 42.6. The molecule has 324 valence electrons. The van der Waals surface area contributed by atoms with E-state index in [2.05, 4.69) is 88.6 Å². The van der Waals surface area contributed by atoms with Crippen molar-refractivity contribution in [2.24, 2.45) is 0 Å². The molecular formula is C58H60N3OPt-. The molecule has 0 spiro atoms. The van der Waals surface area contributed by atoms with Crippen molar-refractivity contribution in [2.45, 2.75) is 105 Å². The number of phenols is 1. The monoisotopic (exact) mass is 1010 g/mol. The van der Waals surface area contributed by atoms with Gasteiger partial charge in [0.25, 0.3) is 0 Å². The molecule has 0 aliphatic rings. The molecule has 5 heteroatoms. The molecule has 0 radical (unpaired) electrons. The number of nitrogens with zero attached hydrogens (tertiary/aromatic N) is 3. The summed E-state index contributed by atoms with van der Waals surface area (Å²) in [6.45, 7) is 25.1. The van der Waals surface area contributed by atoms with Crippen molar-refractivity contribution < 1.29 is 31.7 Å². The molecule has 1 N–H and O–H groups in total. The fourth-order valence-electron chi connectivity index (χ4n) is 7.90. The van der Waals surface area contributed by atoms with Crippen molar-refractivity contribution >= 4 is 11.0 Å². The zero-order chi connectivity index (χ0) is 47.8. The summed E-state index contributed by atoms with van der Waals surface area (Å²) < 4.78 is 39.8. The quantitative estimate of drug-likeness (QED) is 0.169. The number of para-hydroxylation sites is 1. The van der Waals surface area contributed by atoms with Crippen molar-refractivity contribution in [3.63, 3.8) is 0 Å². The molecule has 0 aliphatic heterocycles. The van der Waals surface area contributed by atoms with Gasteiger partial charge < -0.3 is 5.11 Å². The fraction of sp³-hybridized carbons (Fsp3) is 0.276. The summed E-state index contributed by atoms with van der Waals surface area (Å²) in [7, 11) is 0. The Morgan fingerprint density at radius 2 is 1.17 bits per heavy atom. The van der Waals surface area contributed by atoms with E-state index in [1.165, 1.54) is 6.20 Å². The molecule has 4 nitrogen and oxygen atoms in total. The molecule has 8 aromatic rings. The van der Waals surface area contributed by atoms with E-state index in [4.69, 9.17) is 11.3 Å². The second-order valence-corrected chi connectivity index (χ2v) is 20.6. The first-order valence-corrected chi connectivity index (χ1v) is 21.6. The maximum Gasteiger partial charge on any atom is 0.148 e. The number of imidazole rings is 1. The van der Waals surface area contributed by atoms with Crippen LogP contribution in [0.15, 0.2) is 140 Å². The standard InChI is InChI=1S/C58H60N3O.Pt/c1-55(2,3)42-26-27-50(46(34-42)38-22-17-14-18-23-38)61-51-25-19-24-45(52(51)60-54(61)47-35-44(57(7,8)9)36-48(53(47)62)58(10,11)12)40-30-41(32-43(31-40)56(4,5)6)49-33-39(28-29-59-49)37-20-15-13-16-21-37;/h13-29,31-36,62H,1-12H3;/q-1;/i28D,33D,35D,36D;. The second kappa shape index (κ2) is 16.9. The molecular weight excluding hydrogens is 950 g/mol. The third-order valence-corrected chi connectivity index (χ3v) is 11.6. The summed E-state index contributed by atoms with van der Waals surface area (Å²) in [6, 6.07) is 40.9. The van der Waals surface area contributed by atoms with E-state index in [-0.39, 0.29) is 67.4 Å². The number of benzene rings is 6. The van der Waals surface area contributed by atoms with Crippen LogP contribution in [0.25, 0.3) is 72.7 Å². The smallest absolute Gasteiger partial charge is 0.148 e. The van der Waals surface area contributed by atoms with E-state index in [0.717, 1.165) is 50.1 Å². The van der Waals surface area contributed by atoms with Crippen molar-refractivity contribution in [3.05, 3.63) is 168 Å². The van der Waals surface area contributed by atoms with Gasteiger partial charge in [0.2, 0.25) is 0 Å². The Balaban J connectivity index is 0.00000666. The van der Waals surface area contributed by atoms with Gasteiger partial charge in [0, 0.05) is 44.1 Å². The van der Waals surface area contributed by atoms with Gasteiger partial charge in [-0.15, -0.1) is 29.3 Å². The van der Waals surface area contributed by atoms with Crippen LogP contribution in [0.5, 0.6) is 5.75 Å². The topological polar surface area (TPSA) is 50.9 Å². The molecule has 0 atom stereocenters. The predicted octanol–water partition coefficient (Wildman–Crippen LogP) is 15.4. The van der Waals surface area contributed by atoms with Crippen LogP contribution in [0.2, 0.25) is 0 Å². The van der Waals surface area contributed by atoms with Crippen LogP contribution < -0.4 is 0 Å². The third-order valence-electron chi connectivity index (χ3n) is 11.6. The molecule has 63 heavy (non-hydrogen) atoms. The van der Waals surface area contributed by atoms with Crippen LogP contribution in [-0.4, -0.2) is 19.6 Å². The molecule has 2 heterocycles. The number of aromatic nitrogens is 3. The largest absolute Gasteiger partial charge is 0.507 e. The average molecular weight is 1010 g/mol. The summed E-state index contributed by atoms with van der Waals surface area (Å²) >= 11 is 0. The van der Waals surface area contributed by atoms with E-state index in [0.29, 0.717) is 39.3 Å². The minimum absolute atomic E-state index is 0. The Morgan fingerprint density at radius 1 is 0.556 bits per heavy atom. The molecule has 8 rings (SSSR count). The van der Waals surface area contributed by atoms with E-state index < -0.39 is 10.8 Å². The molecule has 0 saturated heterocycles. The van der Waals surface area contributed by atoms with Gasteiger partial charge in [-0.25, -0.2) is 4.98 Å². The number of hydrogen-bond donors (Lipinski definition) is 1. The minimum Gasteiger partial charge on any atom is -0.507 e. The summed E-state index contributed by atoms with van der Waals surface area (Å²) in [5.74, 6) is 0.262. The van der Waals surface area contributed by atoms with E-state index in [9.17, 15) is 9.22 Å².